The van der Waals surface area contributed by atoms with Gasteiger partial charge in [0.1, 0.15) is 0 Å². The van der Waals surface area contributed by atoms with Crippen LogP contribution in [0.3, 0.4) is 0 Å². The molecule has 0 aliphatic carbocycles. The van der Waals surface area contributed by atoms with E-state index in [0.29, 0.717) is 6.61 Å². The molecule has 24 heavy (non-hydrogen) atoms. The summed E-state index contributed by atoms with van der Waals surface area (Å²) >= 11 is 0. The molecule has 0 aliphatic rings. The summed E-state index contributed by atoms with van der Waals surface area (Å²) in [6.45, 7) is 2.80. The molecule has 2 heteroatoms. The smallest absolute Gasteiger partial charge is 0.330 e. The van der Waals surface area contributed by atoms with E-state index in [4.69, 9.17) is 4.74 Å². The van der Waals surface area contributed by atoms with Crippen molar-refractivity contribution in [1.29, 1.82) is 0 Å². The maximum Gasteiger partial charge on any atom is 0.330 e. The fourth-order valence-corrected chi connectivity index (χ4v) is 2.72. The molecular formula is C22H34O2. The van der Waals surface area contributed by atoms with Crippen LogP contribution in [0.1, 0.15) is 83.1 Å². The number of benzene rings is 1. The minimum atomic E-state index is -0.245. The summed E-state index contributed by atoms with van der Waals surface area (Å²) < 4.78 is 5.22. The summed E-state index contributed by atoms with van der Waals surface area (Å²) in [5.41, 5.74) is 1.02. The normalized spacial score (nSPS) is 11.0. The molecule has 0 spiro atoms. The molecule has 0 N–H and O–H groups in total. The van der Waals surface area contributed by atoms with Crippen molar-refractivity contribution in [3.63, 3.8) is 0 Å². The zero-order valence-corrected chi connectivity index (χ0v) is 15.3. The average Bonchev–Trinajstić information content (AvgIpc) is 2.62. The highest BCUT2D eigenvalue weighted by molar-refractivity contribution is 5.86. The summed E-state index contributed by atoms with van der Waals surface area (Å²) in [6, 6.07) is 9.80. The molecule has 0 saturated carbocycles. The first-order valence-electron chi connectivity index (χ1n) is 9.73. The van der Waals surface area contributed by atoms with E-state index < -0.39 is 0 Å². The average molecular weight is 331 g/mol. The van der Waals surface area contributed by atoms with Crippen LogP contribution in [0, 0.1) is 0 Å². The highest BCUT2D eigenvalue weighted by atomic mass is 16.5. The number of rotatable bonds is 14. The summed E-state index contributed by atoms with van der Waals surface area (Å²) in [7, 11) is 0. The number of carbonyl (C=O) groups excluding carboxylic acids is 1. The number of hydrogen-bond acceptors (Lipinski definition) is 2. The van der Waals surface area contributed by atoms with Gasteiger partial charge in [0.05, 0.1) is 6.61 Å². The van der Waals surface area contributed by atoms with Gasteiger partial charge in [-0.3, -0.25) is 0 Å². The van der Waals surface area contributed by atoms with Crippen LogP contribution in [0.2, 0.25) is 0 Å². The quantitative estimate of drug-likeness (QED) is 0.219. The van der Waals surface area contributed by atoms with Crippen molar-refractivity contribution in [3.8, 4) is 0 Å². The number of esters is 1. The van der Waals surface area contributed by atoms with E-state index in [1.54, 1.807) is 6.08 Å². The summed E-state index contributed by atoms with van der Waals surface area (Å²) in [6.07, 6.45) is 17.7. The van der Waals surface area contributed by atoms with Gasteiger partial charge in [-0.05, 0) is 18.1 Å². The minimum Gasteiger partial charge on any atom is -0.463 e. The first-order chi connectivity index (χ1) is 11.8. The van der Waals surface area contributed by atoms with E-state index in [0.717, 1.165) is 18.4 Å². The molecule has 2 nitrogen and oxygen atoms in total. The zero-order valence-electron chi connectivity index (χ0n) is 15.3. The third kappa shape index (κ3) is 11.9. The molecule has 0 fully saturated rings. The van der Waals surface area contributed by atoms with Crippen LogP contribution in [-0.4, -0.2) is 12.6 Å². The predicted molar refractivity (Wildman–Crippen MR) is 103 cm³/mol. The lowest BCUT2D eigenvalue weighted by atomic mass is 10.1. The fourth-order valence-electron chi connectivity index (χ4n) is 2.72. The van der Waals surface area contributed by atoms with Crippen LogP contribution < -0.4 is 0 Å². The van der Waals surface area contributed by atoms with Crippen molar-refractivity contribution < 1.29 is 9.53 Å². The lowest BCUT2D eigenvalue weighted by molar-refractivity contribution is -0.137. The largest absolute Gasteiger partial charge is 0.463 e. The van der Waals surface area contributed by atoms with Gasteiger partial charge in [-0.25, -0.2) is 4.79 Å². The zero-order chi connectivity index (χ0) is 17.3. The first kappa shape index (κ1) is 20.5. The Morgan fingerprint density at radius 2 is 1.38 bits per heavy atom. The van der Waals surface area contributed by atoms with Crippen LogP contribution in [0.4, 0.5) is 0 Å². The topological polar surface area (TPSA) is 26.3 Å². The van der Waals surface area contributed by atoms with Crippen LogP contribution in [0.15, 0.2) is 36.4 Å². The van der Waals surface area contributed by atoms with Crippen molar-refractivity contribution in [1.82, 2.24) is 0 Å². The van der Waals surface area contributed by atoms with E-state index in [-0.39, 0.29) is 5.97 Å². The van der Waals surface area contributed by atoms with Crippen LogP contribution in [-0.2, 0) is 9.53 Å². The predicted octanol–water partition coefficient (Wildman–Crippen LogP) is 6.55. The van der Waals surface area contributed by atoms with E-state index in [9.17, 15) is 4.79 Å². The van der Waals surface area contributed by atoms with Crippen molar-refractivity contribution in [2.45, 2.75) is 77.6 Å². The molecule has 0 aliphatic heterocycles. The highest BCUT2D eigenvalue weighted by Crippen LogP contribution is 2.11. The second-order valence-electron chi connectivity index (χ2n) is 6.45. The SMILES string of the molecule is CCCCCCCCCCCCCOC(=O)/C=C/c1ccccc1. The van der Waals surface area contributed by atoms with Gasteiger partial charge in [0, 0.05) is 6.08 Å². The van der Waals surface area contributed by atoms with Gasteiger partial charge in [0.25, 0.3) is 0 Å². The molecule has 0 radical (unpaired) electrons. The van der Waals surface area contributed by atoms with Crippen LogP contribution in [0.25, 0.3) is 6.08 Å². The Labute approximate surface area is 148 Å². The number of ether oxygens (including phenoxy) is 1. The maximum atomic E-state index is 11.6. The van der Waals surface area contributed by atoms with Gasteiger partial charge in [0.15, 0.2) is 0 Å². The Kier molecular flexibility index (Phi) is 12.8. The second kappa shape index (κ2) is 15.0. The number of hydrogen-bond donors (Lipinski definition) is 0. The Morgan fingerprint density at radius 1 is 0.833 bits per heavy atom. The second-order valence-corrected chi connectivity index (χ2v) is 6.45. The van der Waals surface area contributed by atoms with E-state index in [1.807, 2.05) is 30.3 Å². The van der Waals surface area contributed by atoms with Gasteiger partial charge in [-0.1, -0.05) is 101 Å². The van der Waals surface area contributed by atoms with E-state index in [2.05, 4.69) is 6.92 Å². The van der Waals surface area contributed by atoms with Gasteiger partial charge in [-0.15, -0.1) is 0 Å². The summed E-state index contributed by atoms with van der Waals surface area (Å²) in [5, 5.41) is 0. The number of carbonyl (C=O) groups is 1. The minimum absolute atomic E-state index is 0.245. The molecule has 0 bridgehead atoms. The molecule has 1 aromatic rings. The Bertz CT molecular complexity index is 437. The van der Waals surface area contributed by atoms with Gasteiger partial charge in [0.2, 0.25) is 0 Å². The summed E-state index contributed by atoms with van der Waals surface area (Å²) in [4.78, 5) is 11.6. The molecule has 1 aromatic carbocycles. The van der Waals surface area contributed by atoms with E-state index in [1.165, 1.54) is 63.9 Å². The highest BCUT2D eigenvalue weighted by Gasteiger charge is 1.97. The van der Waals surface area contributed by atoms with Crippen molar-refractivity contribution >= 4 is 12.0 Å². The van der Waals surface area contributed by atoms with E-state index >= 15 is 0 Å². The van der Waals surface area contributed by atoms with Gasteiger partial charge < -0.3 is 4.74 Å². The lowest BCUT2D eigenvalue weighted by Crippen LogP contribution is -2.02. The summed E-state index contributed by atoms with van der Waals surface area (Å²) in [5.74, 6) is -0.245. The Morgan fingerprint density at radius 3 is 1.96 bits per heavy atom. The molecule has 134 valence electrons. The molecule has 0 unspecified atom stereocenters. The molecule has 0 atom stereocenters. The standard InChI is InChI=1S/C22H34O2/c1-2-3-4-5-6-7-8-9-10-11-15-20-24-22(23)19-18-21-16-13-12-14-17-21/h12-14,16-19H,2-11,15,20H2,1H3/b19-18+. The molecule has 1 rings (SSSR count). The molecule has 0 saturated heterocycles. The lowest BCUT2D eigenvalue weighted by Gasteiger charge is -2.03. The number of unbranched alkanes of at least 4 members (excludes halogenated alkanes) is 10. The van der Waals surface area contributed by atoms with Crippen LogP contribution >= 0.6 is 0 Å². The Hall–Kier alpha value is -1.57. The van der Waals surface area contributed by atoms with Crippen LogP contribution in [0.5, 0.6) is 0 Å². The molecule has 0 amide bonds. The molecule has 0 aromatic heterocycles. The molecular weight excluding hydrogens is 296 g/mol. The Balaban J connectivity index is 1.88. The van der Waals surface area contributed by atoms with Crippen molar-refractivity contribution in [2.24, 2.45) is 0 Å². The fraction of sp³-hybridized carbons (Fsp3) is 0.591. The van der Waals surface area contributed by atoms with Gasteiger partial charge in [-0.2, -0.15) is 0 Å². The maximum absolute atomic E-state index is 11.6. The van der Waals surface area contributed by atoms with Crippen molar-refractivity contribution in [2.75, 3.05) is 6.61 Å². The third-order valence-corrected chi connectivity index (χ3v) is 4.20. The first-order valence-corrected chi connectivity index (χ1v) is 9.73. The monoisotopic (exact) mass is 330 g/mol. The molecule has 0 heterocycles. The van der Waals surface area contributed by atoms with Crippen molar-refractivity contribution in [3.05, 3.63) is 42.0 Å². The third-order valence-electron chi connectivity index (χ3n) is 4.20. The van der Waals surface area contributed by atoms with Gasteiger partial charge >= 0.3 is 5.97 Å².